The van der Waals surface area contributed by atoms with Crippen molar-refractivity contribution in [2.24, 2.45) is 0 Å². The average molecular weight is 322 g/mol. The highest BCUT2D eigenvalue weighted by Crippen LogP contribution is 2.28. The van der Waals surface area contributed by atoms with Crippen LogP contribution in [0.25, 0.3) is 0 Å². The fourth-order valence-electron chi connectivity index (χ4n) is 3.24. The van der Waals surface area contributed by atoms with E-state index in [0.29, 0.717) is 0 Å². The van der Waals surface area contributed by atoms with Gasteiger partial charge in [0.1, 0.15) is 0 Å². The van der Waals surface area contributed by atoms with Gasteiger partial charge in [-0.2, -0.15) is 0 Å². The monoisotopic (exact) mass is 322 g/mol. The number of hydrogen-bond donors (Lipinski definition) is 1. The van der Waals surface area contributed by atoms with Gasteiger partial charge >= 0.3 is 0 Å². The maximum atomic E-state index is 12.1. The number of benzene rings is 2. The summed E-state index contributed by atoms with van der Waals surface area (Å²) < 4.78 is 0. The minimum Gasteiger partial charge on any atom is -0.367 e. The number of nitrogens with one attached hydrogen (secondary N) is 1. The number of rotatable bonds is 6. The average Bonchev–Trinajstić information content (AvgIpc) is 2.63. The first-order chi connectivity index (χ1) is 11.8. The van der Waals surface area contributed by atoms with Crippen LogP contribution >= 0.6 is 0 Å². The third kappa shape index (κ3) is 3.97. The molecule has 126 valence electrons. The molecule has 0 atom stereocenters. The van der Waals surface area contributed by atoms with Crippen molar-refractivity contribution in [1.82, 2.24) is 5.32 Å². The zero-order valence-electron chi connectivity index (χ0n) is 14.4. The summed E-state index contributed by atoms with van der Waals surface area (Å²) in [6.07, 6.45) is 4.49. The van der Waals surface area contributed by atoms with Crippen LogP contribution in [-0.4, -0.2) is 19.0 Å². The molecule has 0 aliphatic carbocycles. The smallest absolute Gasteiger partial charge is 0.251 e. The van der Waals surface area contributed by atoms with Crippen LogP contribution in [0.2, 0.25) is 0 Å². The largest absolute Gasteiger partial charge is 0.367 e. The van der Waals surface area contributed by atoms with E-state index in [2.05, 4.69) is 53.5 Å². The van der Waals surface area contributed by atoms with Crippen LogP contribution < -0.4 is 10.2 Å². The van der Waals surface area contributed by atoms with Crippen molar-refractivity contribution < 1.29 is 4.79 Å². The Morgan fingerprint density at radius 2 is 1.92 bits per heavy atom. The number of hydrogen-bond acceptors (Lipinski definition) is 2. The molecular formula is C21H26N2O. The summed E-state index contributed by atoms with van der Waals surface area (Å²) in [6.45, 7) is 4.87. The van der Waals surface area contributed by atoms with Crippen LogP contribution in [-0.2, 0) is 13.0 Å². The molecule has 0 bridgehead atoms. The van der Waals surface area contributed by atoms with E-state index in [1.807, 2.05) is 12.1 Å². The van der Waals surface area contributed by atoms with E-state index in [-0.39, 0.29) is 5.91 Å². The second-order valence-electron chi connectivity index (χ2n) is 6.46. The number of para-hydroxylation sites is 1. The standard InChI is InChI=1S/C21H26N2O/c1-2-3-14-22-21(24)19-12-10-17(11-13-19)16-23-15-6-8-18-7-4-5-9-20(18)23/h4-5,7,9-13H,2-3,6,8,14-16H2,1H3,(H,22,24). The summed E-state index contributed by atoms with van der Waals surface area (Å²) >= 11 is 0. The lowest BCUT2D eigenvalue weighted by molar-refractivity contribution is 0.0953. The van der Waals surface area contributed by atoms with Crippen LogP contribution in [0.4, 0.5) is 5.69 Å². The minimum atomic E-state index is 0.0262. The number of carbonyl (C=O) groups excluding carboxylic acids is 1. The third-order valence-electron chi connectivity index (χ3n) is 4.61. The number of carbonyl (C=O) groups is 1. The lowest BCUT2D eigenvalue weighted by Crippen LogP contribution is -2.28. The molecule has 1 aliphatic rings. The number of anilines is 1. The fraction of sp³-hybridized carbons (Fsp3) is 0.381. The van der Waals surface area contributed by atoms with E-state index in [1.54, 1.807) is 0 Å². The van der Waals surface area contributed by atoms with Gasteiger partial charge in [0.25, 0.3) is 5.91 Å². The lowest BCUT2D eigenvalue weighted by Gasteiger charge is -2.31. The predicted molar refractivity (Wildman–Crippen MR) is 99.5 cm³/mol. The zero-order valence-corrected chi connectivity index (χ0v) is 14.4. The minimum absolute atomic E-state index is 0.0262. The van der Waals surface area contributed by atoms with Gasteiger partial charge in [0.2, 0.25) is 0 Å². The molecule has 0 unspecified atom stereocenters. The van der Waals surface area contributed by atoms with Gasteiger partial charge in [0.05, 0.1) is 0 Å². The maximum Gasteiger partial charge on any atom is 0.251 e. The van der Waals surface area contributed by atoms with Crippen LogP contribution in [0.1, 0.15) is 47.7 Å². The van der Waals surface area contributed by atoms with E-state index in [9.17, 15) is 4.79 Å². The van der Waals surface area contributed by atoms with E-state index in [1.165, 1.54) is 29.7 Å². The normalized spacial score (nSPS) is 13.5. The van der Waals surface area contributed by atoms with Crippen molar-refractivity contribution in [1.29, 1.82) is 0 Å². The molecule has 0 radical (unpaired) electrons. The van der Waals surface area contributed by atoms with Gasteiger partial charge < -0.3 is 10.2 Å². The molecule has 3 heteroatoms. The Hall–Kier alpha value is -2.29. The van der Waals surface area contributed by atoms with Crippen molar-refractivity contribution in [2.45, 2.75) is 39.2 Å². The lowest BCUT2D eigenvalue weighted by atomic mass is 10.0. The van der Waals surface area contributed by atoms with Crippen molar-refractivity contribution >= 4 is 11.6 Å². The molecule has 0 saturated heterocycles. The first-order valence-electron chi connectivity index (χ1n) is 8.98. The summed E-state index contributed by atoms with van der Waals surface area (Å²) in [6, 6.07) is 16.7. The summed E-state index contributed by atoms with van der Waals surface area (Å²) in [7, 11) is 0. The Bertz CT molecular complexity index is 678. The molecule has 24 heavy (non-hydrogen) atoms. The Kier molecular flexibility index (Phi) is 5.52. The van der Waals surface area contributed by atoms with Crippen LogP contribution in [0.3, 0.4) is 0 Å². The highest BCUT2D eigenvalue weighted by atomic mass is 16.1. The fourth-order valence-corrected chi connectivity index (χ4v) is 3.24. The highest BCUT2D eigenvalue weighted by molar-refractivity contribution is 5.94. The van der Waals surface area contributed by atoms with Crippen molar-refractivity contribution in [3.8, 4) is 0 Å². The molecule has 0 spiro atoms. The molecular weight excluding hydrogens is 296 g/mol. The van der Waals surface area contributed by atoms with E-state index in [0.717, 1.165) is 38.0 Å². The first-order valence-corrected chi connectivity index (χ1v) is 8.98. The Labute approximate surface area is 144 Å². The molecule has 0 aromatic heterocycles. The van der Waals surface area contributed by atoms with Gasteiger partial charge in [-0.05, 0) is 48.6 Å². The number of nitrogens with zero attached hydrogens (tertiary/aromatic N) is 1. The van der Waals surface area contributed by atoms with Gasteiger partial charge in [0, 0.05) is 30.9 Å². The number of unbranched alkanes of at least 4 members (excludes halogenated alkanes) is 1. The predicted octanol–water partition coefficient (Wildman–Crippen LogP) is 4.17. The van der Waals surface area contributed by atoms with E-state index >= 15 is 0 Å². The Balaban J connectivity index is 1.64. The van der Waals surface area contributed by atoms with E-state index < -0.39 is 0 Å². The maximum absolute atomic E-state index is 12.1. The number of amides is 1. The Morgan fingerprint density at radius 1 is 1.12 bits per heavy atom. The summed E-state index contributed by atoms with van der Waals surface area (Å²) in [5.41, 5.74) is 4.78. The third-order valence-corrected chi connectivity index (χ3v) is 4.61. The molecule has 2 aromatic carbocycles. The number of fused-ring (bicyclic) bond motifs is 1. The van der Waals surface area contributed by atoms with Gasteiger partial charge in [-0.3, -0.25) is 4.79 Å². The van der Waals surface area contributed by atoms with Crippen LogP contribution in [0.15, 0.2) is 48.5 Å². The molecule has 1 heterocycles. The van der Waals surface area contributed by atoms with Crippen LogP contribution in [0.5, 0.6) is 0 Å². The second kappa shape index (κ2) is 8.00. The SMILES string of the molecule is CCCCNC(=O)c1ccc(CN2CCCc3ccccc32)cc1. The highest BCUT2D eigenvalue weighted by Gasteiger charge is 2.16. The quantitative estimate of drug-likeness (QED) is 0.810. The van der Waals surface area contributed by atoms with Gasteiger partial charge in [-0.1, -0.05) is 43.7 Å². The summed E-state index contributed by atoms with van der Waals surface area (Å²) in [4.78, 5) is 14.5. The topological polar surface area (TPSA) is 32.3 Å². The number of aryl methyl sites for hydroxylation is 1. The van der Waals surface area contributed by atoms with Crippen molar-refractivity contribution in [3.05, 3.63) is 65.2 Å². The molecule has 0 saturated carbocycles. The molecule has 3 nitrogen and oxygen atoms in total. The molecule has 1 aliphatic heterocycles. The van der Waals surface area contributed by atoms with Gasteiger partial charge in [-0.25, -0.2) is 0 Å². The Morgan fingerprint density at radius 3 is 2.71 bits per heavy atom. The second-order valence-corrected chi connectivity index (χ2v) is 6.46. The molecule has 2 aromatic rings. The van der Waals surface area contributed by atoms with Gasteiger partial charge in [0.15, 0.2) is 0 Å². The van der Waals surface area contributed by atoms with Crippen molar-refractivity contribution in [2.75, 3.05) is 18.0 Å². The summed E-state index contributed by atoms with van der Waals surface area (Å²) in [5.74, 6) is 0.0262. The van der Waals surface area contributed by atoms with Gasteiger partial charge in [-0.15, -0.1) is 0 Å². The molecule has 1 N–H and O–H groups in total. The summed E-state index contributed by atoms with van der Waals surface area (Å²) in [5, 5.41) is 2.96. The zero-order chi connectivity index (χ0) is 16.8. The molecule has 0 fully saturated rings. The van der Waals surface area contributed by atoms with Crippen LogP contribution in [0, 0.1) is 0 Å². The van der Waals surface area contributed by atoms with Crippen molar-refractivity contribution in [3.63, 3.8) is 0 Å². The molecule has 1 amide bonds. The molecule has 3 rings (SSSR count). The van der Waals surface area contributed by atoms with E-state index in [4.69, 9.17) is 0 Å². The first kappa shape index (κ1) is 16.6.